The van der Waals surface area contributed by atoms with Gasteiger partial charge in [0.2, 0.25) is 0 Å². The van der Waals surface area contributed by atoms with Crippen LogP contribution >= 0.6 is 0 Å². The molecule has 76 valence electrons. The maximum atomic E-state index is 11.3. The normalized spacial score (nSPS) is 12.1. The van der Waals surface area contributed by atoms with E-state index in [-0.39, 0.29) is 18.0 Å². The number of nitrogens with one attached hydrogen (secondary N) is 1. The predicted molar refractivity (Wildman–Crippen MR) is 49.0 cm³/mol. The summed E-state index contributed by atoms with van der Waals surface area (Å²) in [6, 6.07) is 2.53. The van der Waals surface area contributed by atoms with Crippen molar-refractivity contribution in [2.75, 3.05) is 6.54 Å². The highest BCUT2D eigenvalue weighted by molar-refractivity contribution is 5.93. The highest BCUT2D eigenvalue weighted by Crippen LogP contribution is 1.94. The largest absolute Gasteiger partial charge is 0.430 e. The van der Waals surface area contributed by atoms with Crippen molar-refractivity contribution in [1.29, 1.82) is 0 Å². The SMILES string of the molecule is C[C@@H](O)CNC(=O)c1ccc(=O)oc1. The molecule has 0 fully saturated rings. The van der Waals surface area contributed by atoms with Gasteiger partial charge in [-0.05, 0) is 13.0 Å². The number of hydrogen-bond donors (Lipinski definition) is 2. The molecule has 5 heteroatoms. The van der Waals surface area contributed by atoms with E-state index in [2.05, 4.69) is 9.73 Å². The van der Waals surface area contributed by atoms with Crippen molar-refractivity contribution in [1.82, 2.24) is 5.32 Å². The highest BCUT2D eigenvalue weighted by Gasteiger charge is 2.06. The van der Waals surface area contributed by atoms with Crippen molar-refractivity contribution in [3.8, 4) is 0 Å². The van der Waals surface area contributed by atoms with Crippen molar-refractivity contribution in [2.24, 2.45) is 0 Å². The van der Waals surface area contributed by atoms with E-state index >= 15 is 0 Å². The topological polar surface area (TPSA) is 79.5 Å². The van der Waals surface area contributed by atoms with Gasteiger partial charge < -0.3 is 14.8 Å². The van der Waals surface area contributed by atoms with Crippen LogP contribution in [0.5, 0.6) is 0 Å². The van der Waals surface area contributed by atoms with E-state index in [0.29, 0.717) is 0 Å². The Hall–Kier alpha value is -1.62. The Morgan fingerprint density at radius 2 is 2.36 bits per heavy atom. The Morgan fingerprint density at radius 3 is 2.86 bits per heavy atom. The summed E-state index contributed by atoms with van der Waals surface area (Å²) in [7, 11) is 0. The molecule has 0 aliphatic rings. The van der Waals surface area contributed by atoms with Crippen molar-refractivity contribution in [3.05, 3.63) is 34.4 Å². The summed E-state index contributed by atoms with van der Waals surface area (Å²) in [4.78, 5) is 21.8. The zero-order chi connectivity index (χ0) is 10.6. The minimum atomic E-state index is -0.602. The fourth-order valence-corrected chi connectivity index (χ4v) is 0.830. The highest BCUT2D eigenvalue weighted by atomic mass is 16.4. The van der Waals surface area contributed by atoms with Gasteiger partial charge in [0.15, 0.2) is 0 Å². The Bertz CT molecular complexity index is 349. The molecule has 0 aliphatic heterocycles. The van der Waals surface area contributed by atoms with E-state index < -0.39 is 11.7 Å². The van der Waals surface area contributed by atoms with Gasteiger partial charge in [-0.1, -0.05) is 0 Å². The molecule has 1 amide bonds. The second kappa shape index (κ2) is 4.57. The molecule has 1 aromatic rings. The van der Waals surface area contributed by atoms with Crippen LogP contribution in [0.3, 0.4) is 0 Å². The number of rotatable bonds is 3. The molecule has 14 heavy (non-hydrogen) atoms. The third-order valence-electron chi connectivity index (χ3n) is 1.52. The first-order chi connectivity index (χ1) is 6.59. The molecule has 0 unspecified atom stereocenters. The van der Waals surface area contributed by atoms with Crippen molar-refractivity contribution < 1.29 is 14.3 Å². The summed E-state index contributed by atoms with van der Waals surface area (Å²) in [5, 5.41) is 11.4. The zero-order valence-electron chi connectivity index (χ0n) is 7.69. The zero-order valence-corrected chi connectivity index (χ0v) is 7.69. The lowest BCUT2D eigenvalue weighted by molar-refractivity contribution is 0.0921. The van der Waals surface area contributed by atoms with Gasteiger partial charge >= 0.3 is 5.63 Å². The minimum Gasteiger partial charge on any atom is -0.430 e. The van der Waals surface area contributed by atoms with Crippen LogP contribution in [-0.4, -0.2) is 23.7 Å². The standard InChI is InChI=1S/C9H11NO4/c1-6(11)4-10-9(13)7-2-3-8(12)14-5-7/h2-3,5-6,11H,4H2,1H3,(H,10,13)/t6-/m1/s1. The van der Waals surface area contributed by atoms with E-state index in [1.165, 1.54) is 6.07 Å². The quantitative estimate of drug-likeness (QED) is 0.700. The number of aliphatic hydroxyl groups is 1. The molecule has 0 saturated carbocycles. The van der Waals surface area contributed by atoms with Gasteiger partial charge in [-0.25, -0.2) is 4.79 Å². The first-order valence-electron chi connectivity index (χ1n) is 4.14. The Kier molecular flexibility index (Phi) is 3.41. The molecule has 0 aliphatic carbocycles. The Balaban J connectivity index is 2.61. The van der Waals surface area contributed by atoms with Gasteiger partial charge in [0.25, 0.3) is 5.91 Å². The molecule has 0 spiro atoms. The van der Waals surface area contributed by atoms with Crippen LogP contribution in [0.1, 0.15) is 17.3 Å². The Morgan fingerprint density at radius 1 is 1.64 bits per heavy atom. The van der Waals surface area contributed by atoms with Gasteiger partial charge in [-0.3, -0.25) is 4.79 Å². The van der Waals surface area contributed by atoms with Crippen molar-refractivity contribution in [2.45, 2.75) is 13.0 Å². The first-order valence-corrected chi connectivity index (χ1v) is 4.14. The lowest BCUT2D eigenvalue weighted by Gasteiger charge is -2.05. The molecule has 2 N–H and O–H groups in total. The summed E-state index contributed by atoms with van der Waals surface area (Å²) in [6.07, 6.45) is 0.481. The lowest BCUT2D eigenvalue weighted by Crippen LogP contribution is -2.30. The van der Waals surface area contributed by atoms with E-state index in [9.17, 15) is 9.59 Å². The summed E-state index contributed by atoms with van der Waals surface area (Å²) in [5.74, 6) is -0.380. The molecule has 0 saturated heterocycles. The van der Waals surface area contributed by atoms with Crippen LogP contribution in [0.15, 0.2) is 27.6 Å². The maximum absolute atomic E-state index is 11.3. The molecule has 1 rings (SSSR count). The van der Waals surface area contributed by atoms with Gasteiger partial charge in [0.1, 0.15) is 6.26 Å². The van der Waals surface area contributed by atoms with Crippen LogP contribution in [0.2, 0.25) is 0 Å². The van der Waals surface area contributed by atoms with Crippen molar-refractivity contribution in [3.63, 3.8) is 0 Å². The molecule has 5 nitrogen and oxygen atoms in total. The number of aliphatic hydroxyl groups excluding tert-OH is 1. The van der Waals surface area contributed by atoms with E-state index in [1.807, 2.05) is 0 Å². The third-order valence-corrected chi connectivity index (χ3v) is 1.52. The van der Waals surface area contributed by atoms with Gasteiger partial charge in [0.05, 0.1) is 11.7 Å². The number of carbonyl (C=O) groups is 1. The molecular formula is C9H11NO4. The molecule has 1 aromatic heterocycles. The van der Waals surface area contributed by atoms with E-state index in [0.717, 1.165) is 12.3 Å². The van der Waals surface area contributed by atoms with E-state index in [4.69, 9.17) is 5.11 Å². The molecule has 1 heterocycles. The van der Waals surface area contributed by atoms with Crippen LogP contribution in [0.4, 0.5) is 0 Å². The third kappa shape index (κ3) is 3.02. The lowest BCUT2D eigenvalue weighted by atomic mass is 10.3. The van der Waals surface area contributed by atoms with Crippen LogP contribution in [0.25, 0.3) is 0 Å². The monoisotopic (exact) mass is 197 g/mol. The minimum absolute atomic E-state index is 0.165. The summed E-state index contributed by atoms with van der Waals surface area (Å²) >= 11 is 0. The van der Waals surface area contributed by atoms with Crippen LogP contribution < -0.4 is 10.9 Å². The summed E-state index contributed by atoms with van der Waals surface area (Å²) < 4.78 is 4.51. The smallest absolute Gasteiger partial charge is 0.335 e. The van der Waals surface area contributed by atoms with Gasteiger partial charge in [-0.15, -0.1) is 0 Å². The van der Waals surface area contributed by atoms with Crippen LogP contribution in [0, 0.1) is 0 Å². The summed E-state index contributed by atoms with van der Waals surface area (Å²) in [6.45, 7) is 1.73. The molecular weight excluding hydrogens is 186 g/mol. The first kappa shape index (κ1) is 10.5. The molecule has 1 atom stereocenters. The predicted octanol–water partition coefficient (Wildman–Crippen LogP) is -0.250. The van der Waals surface area contributed by atoms with Crippen molar-refractivity contribution >= 4 is 5.91 Å². The fraction of sp³-hybridized carbons (Fsp3) is 0.333. The molecule has 0 bridgehead atoms. The van der Waals surface area contributed by atoms with Gasteiger partial charge in [-0.2, -0.15) is 0 Å². The van der Waals surface area contributed by atoms with Crippen LogP contribution in [-0.2, 0) is 0 Å². The maximum Gasteiger partial charge on any atom is 0.335 e. The second-order valence-electron chi connectivity index (χ2n) is 2.90. The number of carbonyl (C=O) groups excluding carboxylic acids is 1. The molecule has 0 radical (unpaired) electrons. The Labute approximate surface area is 80.4 Å². The molecule has 0 aromatic carbocycles. The van der Waals surface area contributed by atoms with E-state index in [1.54, 1.807) is 6.92 Å². The average Bonchev–Trinajstić information content (AvgIpc) is 2.15. The summed E-state index contributed by atoms with van der Waals surface area (Å²) in [5.41, 5.74) is -0.248. The fourth-order valence-electron chi connectivity index (χ4n) is 0.830. The average molecular weight is 197 g/mol. The second-order valence-corrected chi connectivity index (χ2v) is 2.90. The number of amides is 1. The number of hydrogen-bond acceptors (Lipinski definition) is 4. The van der Waals surface area contributed by atoms with Gasteiger partial charge in [0, 0.05) is 12.6 Å².